The summed E-state index contributed by atoms with van der Waals surface area (Å²) in [5.74, 6) is -0.881. The van der Waals surface area contributed by atoms with Crippen molar-refractivity contribution in [1.29, 1.82) is 0 Å². The third kappa shape index (κ3) is 41.1. The fraction of sp³-hybridized carbons (Fsp3) is 0.854. The van der Waals surface area contributed by atoms with Crippen molar-refractivity contribution in [3.63, 3.8) is 0 Å². The molecule has 0 bridgehead atoms. The van der Waals surface area contributed by atoms with E-state index in [2.05, 4.69) is 45.1 Å². The number of rotatable bonds is 42. The van der Waals surface area contributed by atoms with Crippen LogP contribution in [0.2, 0.25) is 0 Å². The molecule has 1 unspecified atom stereocenters. The molecule has 0 fully saturated rings. The zero-order chi connectivity index (χ0) is 39.4. The van der Waals surface area contributed by atoms with E-state index in [-0.39, 0.29) is 31.1 Å². The number of unbranched alkanes of at least 4 members (excludes halogenated alkanes) is 27. The summed E-state index contributed by atoms with van der Waals surface area (Å²) in [4.78, 5) is 37.7. The van der Waals surface area contributed by atoms with Gasteiger partial charge in [0, 0.05) is 19.3 Å². The van der Waals surface area contributed by atoms with Gasteiger partial charge in [0.15, 0.2) is 6.10 Å². The highest BCUT2D eigenvalue weighted by Gasteiger charge is 2.19. The van der Waals surface area contributed by atoms with Crippen molar-refractivity contribution < 1.29 is 28.6 Å². The summed E-state index contributed by atoms with van der Waals surface area (Å²) in [5, 5.41) is 0. The van der Waals surface area contributed by atoms with Gasteiger partial charge in [0.1, 0.15) is 13.2 Å². The van der Waals surface area contributed by atoms with Crippen LogP contribution in [0.3, 0.4) is 0 Å². The lowest BCUT2D eigenvalue weighted by Gasteiger charge is -2.18. The molecule has 0 heterocycles. The van der Waals surface area contributed by atoms with Gasteiger partial charge in [-0.2, -0.15) is 0 Å². The molecule has 0 aromatic carbocycles. The van der Waals surface area contributed by atoms with Crippen LogP contribution in [0.25, 0.3) is 0 Å². The highest BCUT2D eigenvalue weighted by molar-refractivity contribution is 5.71. The molecule has 6 nitrogen and oxygen atoms in total. The molecule has 0 radical (unpaired) electrons. The van der Waals surface area contributed by atoms with Crippen LogP contribution >= 0.6 is 0 Å². The van der Waals surface area contributed by atoms with E-state index in [4.69, 9.17) is 14.2 Å². The summed E-state index contributed by atoms with van der Waals surface area (Å²) in [6, 6.07) is 0. The molecule has 0 aliphatic carbocycles. The van der Waals surface area contributed by atoms with Crippen molar-refractivity contribution in [1.82, 2.24) is 0 Å². The van der Waals surface area contributed by atoms with Crippen LogP contribution in [0.15, 0.2) is 24.3 Å². The first-order valence-electron chi connectivity index (χ1n) is 23.3. The Bertz CT molecular complexity index is 880. The Morgan fingerprint density at radius 1 is 0.370 bits per heavy atom. The molecule has 0 N–H and O–H groups in total. The molecule has 0 rings (SSSR count). The fourth-order valence-corrected chi connectivity index (χ4v) is 6.66. The number of ether oxygens (including phenoxy) is 3. The molecule has 0 aliphatic heterocycles. The Kier molecular flexibility index (Phi) is 41.9. The fourth-order valence-electron chi connectivity index (χ4n) is 6.66. The van der Waals surface area contributed by atoms with Crippen LogP contribution in [0, 0.1) is 0 Å². The maximum atomic E-state index is 12.7. The maximum absolute atomic E-state index is 12.7. The molecule has 0 saturated heterocycles. The van der Waals surface area contributed by atoms with Gasteiger partial charge < -0.3 is 14.2 Å². The zero-order valence-electron chi connectivity index (χ0n) is 36.0. The highest BCUT2D eigenvalue weighted by atomic mass is 16.6. The van der Waals surface area contributed by atoms with E-state index >= 15 is 0 Å². The Hall–Kier alpha value is -2.11. The van der Waals surface area contributed by atoms with E-state index in [9.17, 15) is 14.4 Å². The number of esters is 3. The van der Waals surface area contributed by atoms with Crippen LogP contribution in [-0.2, 0) is 28.6 Å². The SMILES string of the molecule is CCC/C=C\C/C=C\CCCCCCCC(=O)OCC(COC(=O)CCCCCCCCCCCC)OC(=O)CCCCCCCCCCCCCCC. The second-order valence-corrected chi connectivity index (χ2v) is 15.7. The lowest BCUT2D eigenvalue weighted by molar-refractivity contribution is -0.167. The van der Waals surface area contributed by atoms with Gasteiger partial charge in [-0.1, -0.05) is 206 Å². The van der Waals surface area contributed by atoms with Crippen LogP contribution in [0.5, 0.6) is 0 Å². The number of carbonyl (C=O) groups excluding carboxylic acids is 3. The van der Waals surface area contributed by atoms with Crippen LogP contribution < -0.4 is 0 Å². The van der Waals surface area contributed by atoms with Crippen molar-refractivity contribution in [3.8, 4) is 0 Å². The van der Waals surface area contributed by atoms with E-state index in [0.29, 0.717) is 19.3 Å². The third-order valence-electron chi connectivity index (χ3n) is 10.2. The van der Waals surface area contributed by atoms with Gasteiger partial charge in [-0.25, -0.2) is 0 Å². The minimum atomic E-state index is -0.768. The number of hydrogen-bond acceptors (Lipinski definition) is 6. The summed E-state index contributed by atoms with van der Waals surface area (Å²) in [6.45, 7) is 6.55. The lowest BCUT2D eigenvalue weighted by atomic mass is 10.0. The van der Waals surface area contributed by atoms with Crippen molar-refractivity contribution in [2.24, 2.45) is 0 Å². The summed E-state index contributed by atoms with van der Waals surface area (Å²) < 4.78 is 16.7. The molecule has 0 aromatic heterocycles. The van der Waals surface area contributed by atoms with Crippen molar-refractivity contribution in [3.05, 3.63) is 24.3 Å². The lowest BCUT2D eigenvalue weighted by Crippen LogP contribution is -2.30. The van der Waals surface area contributed by atoms with E-state index in [1.54, 1.807) is 0 Å². The second-order valence-electron chi connectivity index (χ2n) is 15.7. The van der Waals surface area contributed by atoms with Crippen molar-refractivity contribution in [2.75, 3.05) is 13.2 Å². The molecule has 0 spiro atoms. The van der Waals surface area contributed by atoms with Gasteiger partial charge in [0.2, 0.25) is 0 Å². The minimum absolute atomic E-state index is 0.0717. The van der Waals surface area contributed by atoms with E-state index in [1.807, 2.05) is 0 Å². The molecule has 1 atom stereocenters. The average molecular weight is 761 g/mol. The number of allylic oxidation sites excluding steroid dienone is 4. The molecular weight excluding hydrogens is 673 g/mol. The Morgan fingerprint density at radius 2 is 0.704 bits per heavy atom. The molecule has 6 heteroatoms. The quantitative estimate of drug-likeness (QED) is 0.0267. The highest BCUT2D eigenvalue weighted by Crippen LogP contribution is 2.15. The normalized spacial score (nSPS) is 12.1. The summed E-state index contributed by atoms with van der Waals surface area (Å²) in [7, 11) is 0. The van der Waals surface area contributed by atoms with Gasteiger partial charge in [0.25, 0.3) is 0 Å². The van der Waals surface area contributed by atoms with Gasteiger partial charge in [-0.3, -0.25) is 14.4 Å². The van der Waals surface area contributed by atoms with Gasteiger partial charge in [0.05, 0.1) is 0 Å². The predicted molar refractivity (Wildman–Crippen MR) is 229 cm³/mol. The second kappa shape index (κ2) is 43.6. The monoisotopic (exact) mass is 761 g/mol. The van der Waals surface area contributed by atoms with Gasteiger partial charge >= 0.3 is 17.9 Å². The molecular formula is C48H88O6. The smallest absolute Gasteiger partial charge is 0.306 e. The molecule has 0 amide bonds. The summed E-state index contributed by atoms with van der Waals surface area (Å²) in [5.41, 5.74) is 0. The van der Waals surface area contributed by atoms with Crippen LogP contribution in [0.4, 0.5) is 0 Å². The molecule has 316 valence electrons. The van der Waals surface area contributed by atoms with E-state index in [0.717, 1.165) is 83.5 Å². The van der Waals surface area contributed by atoms with E-state index < -0.39 is 6.10 Å². The van der Waals surface area contributed by atoms with Crippen LogP contribution in [-0.4, -0.2) is 37.2 Å². The maximum Gasteiger partial charge on any atom is 0.306 e. The first-order valence-corrected chi connectivity index (χ1v) is 23.3. The number of carbonyl (C=O) groups is 3. The predicted octanol–water partition coefficient (Wildman–Crippen LogP) is 14.8. The summed E-state index contributed by atoms with van der Waals surface area (Å²) in [6.07, 6.45) is 47.2. The van der Waals surface area contributed by atoms with Crippen molar-refractivity contribution in [2.45, 2.75) is 252 Å². The average Bonchev–Trinajstić information content (AvgIpc) is 3.17. The van der Waals surface area contributed by atoms with E-state index in [1.165, 1.54) is 122 Å². The Balaban J connectivity index is 4.36. The zero-order valence-corrected chi connectivity index (χ0v) is 36.0. The largest absolute Gasteiger partial charge is 0.462 e. The molecule has 54 heavy (non-hydrogen) atoms. The number of hydrogen-bond donors (Lipinski definition) is 0. The van der Waals surface area contributed by atoms with Crippen molar-refractivity contribution >= 4 is 17.9 Å². The Morgan fingerprint density at radius 3 is 1.09 bits per heavy atom. The standard InChI is InChI=1S/C48H88O6/c1-4-7-10-13-16-19-22-24-26-29-32-35-38-41-47(50)53-44-45(43-52-46(49)40-37-34-31-28-21-18-15-12-9-6-3)54-48(51)42-39-36-33-30-27-25-23-20-17-14-11-8-5-2/h10,13,19,22,45H,4-9,11-12,14-18,20-21,23-44H2,1-3H3/b13-10-,22-19-. The van der Waals surface area contributed by atoms with Gasteiger partial charge in [-0.05, 0) is 44.9 Å². The van der Waals surface area contributed by atoms with Crippen LogP contribution in [0.1, 0.15) is 245 Å². The first kappa shape index (κ1) is 51.9. The Labute approximate surface area is 334 Å². The molecule has 0 saturated carbocycles. The summed E-state index contributed by atoms with van der Waals surface area (Å²) >= 11 is 0. The minimum Gasteiger partial charge on any atom is -0.462 e. The third-order valence-corrected chi connectivity index (χ3v) is 10.2. The molecule has 0 aliphatic rings. The molecule has 0 aromatic rings. The van der Waals surface area contributed by atoms with Gasteiger partial charge in [-0.15, -0.1) is 0 Å². The first-order chi connectivity index (χ1) is 26.5. The topological polar surface area (TPSA) is 78.9 Å².